The van der Waals surface area contributed by atoms with Crippen molar-refractivity contribution < 1.29 is 4.79 Å². The van der Waals surface area contributed by atoms with E-state index < -0.39 is 0 Å². The van der Waals surface area contributed by atoms with Crippen molar-refractivity contribution in [3.8, 4) is 0 Å². The SMILES string of the molecule is Cl.Cn1cc(Cl)cc1C(=O)NCCN. The molecular formula is C8H13Cl2N3O. The number of amides is 1. The van der Waals surface area contributed by atoms with Gasteiger partial charge in [-0.1, -0.05) is 11.6 Å². The summed E-state index contributed by atoms with van der Waals surface area (Å²) in [5, 5.41) is 3.22. The highest BCUT2D eigenvalue weighted by Gasteiger charge is 2.09. The van der Waals surface area contributed by atoms with Crippen LogP contribution in [0.5, 0.6) is 0 Å². The van der Waals surface area contributed by atoms with Crippen molar-refractivity contribution in [3.63, 3.8) is 0 Å². The first-order valence-corrected chi connectivity index (χ1v) is 4.33. The maximum Gasteiger partial charge on any atom is 0.267 e. The fourth-order valence-corrected chi connectivity index (χ4v) is 1.28. The van der Waals surface area contributed by atoms with Crippen LogP contribution in [0.3, 0.4) is 0 Å². The lowest BCUT2D eigenvalue weighted by atomic mass is 10.4. The Hall–Kier alpha value is -0.710. The van der Waals surface area contributed by atoms with E-state index in [0.717, 1.165) is 0 Å². The van der Waals surface area contributed by atoms with Crippen LogP contribution in [0.15, 0.2) is 12.3 Å². The van der Waals surface area contributed by atoms with E-state index in [-0.39, 0.29) is 18.3 Å². The number of hydrogen-bond donors (Lipinski definition) is 2. The van der Waals surface area contributed by atoms with Crippen molar-refractivity contribution in [1.29, 1.82) is 0 Å². The molecule has 0 saturated heterocycles. The van der Waals surface area contributed by atoms with Crippen molar-refractivity contribution in [2.24, 2.45) is 12.8 Å². The molecule has 1 aromatic rings. The van der Waals surface area contributed by atoms with Crippen LogP contribution in [0.2, 0.25) is 5.02 Å². The monoisotopic (exact) mass is 237 g/mol. The fraction of sp³-hybridized carbons (Fsp3) is 0.375. The number of nitrogens with two attached hydrogens (primary N) is 1. The highest BCUT2D eigenvalue weighted by molar-refractivity contribution is 6.31. The number of nitrogens with zero attached hydrogens (tertiary/aromatic N) is 1. The van der Waals surface area contributed by atoms with Crippen LogP contribution in [-0.2, 0) is 7.05 Å². The average molecular weight is 238 g/mol. The third-order valence-corrected chi connectivity index (χ3v) is 1.84. The van der Waals surface area contributed by atoms with E-state index in [9.17, 15) is 4.79 Å². The first-order chi connectivity index (χ1) is 6.15. The Morgan fingerprint density at radius 3 is 2.79 bits per heavy atom. The molecule has 0 bridgehead atoms. The van der Waals surface area contributed by atoms with Gasteiger partial charge in [0, 0.05) is 26.3 Å². The molecular weight excluding hydrogens is 225 g/mol. The van der Waals surface area contributed by atoms with Crippen LogP contribution < -0.4 is 11.1 Å². The van der Waals surface area contributed by atoms with Gasteiger partial charge in [0.25, 0.3) is 5.91 Å². The lowest BCUT2D eigenvalue weighted by Gasteiger charge is -2.03. The van der Waals surface area contributed by atoms with Gasteiger partial charge in [0.05, 0.1) is 5.02 Å². The molecule has 1 heterocycles. The summed E-state index contributed by atoms with van der Waals surface area (Å²) in [4.78, 5) is 11.4. The standard InChI is InChI=1S/C8H12ClN3O.ClH/c1-12-5-6(9)4-7(12)8(13)11-3-2-10;/h4-5H,2-3,10H2,1H3,(H,11,13);1H. The maximum atomic E-state index is 11.4. The molecule has 14 heavy (non-hydrogen) atoms. The molecule has 0 aromatic carbocycles. The molecule has 0 fully saturated rings. The zero-order chi connectivity index (χ0) is 9.84. The fourth-order valence-electron chi connectivity index (χ4n) is 1.03. The number of carbonyl (C=O) groups is 1. The minimum atomic E-state index is -0.153. The number of aryl methyl sites for hydroxylation is 1. The van der Waals surface area contributed by atoms with E-state index >= 15 is 0 Å². The predicted molar refractivity (Wildman–Crippen MR) is 59.1 cm³/mol. The van der Waals surface area contributed by atoms with Crippen LogP contribution in [0.1, 0.15) is 10.5 Å². The summed E-state index contributed by atoms with van der Waals surface area (Å²) in [5.41, 5.74) is 5.79. The van der Waals surface area contributed by atoms with Gasteiger partial charge in [0.2, 0.25) is 0 Å². The van der Waals surface area contributed by atoms with Gasteiger partial charge >= 0.3 is 0 Å². The number of aromatic nitrogens is 1. The van der Waals surface area contributed by atoms with Crippen molar-refractivity contribution in [1.82, 2.24) is 9.88 Å². The second-order valence-electron chi connectivity index (χ2n) is 2.70. The average Bonchev–Trinajstić information content (AvgIpc) is 2.41. The van der Waals surface area contributed by atoms with E-state index in [1.807, 2.05) is 0 Å². The summed E-state index contributed by atoms with van der Waals surface area (Å²) < 4.78 is 1.67. The maximum absolute atomic E-state index is 11.4. The smallest absolute Gasteiger partial charge is 0.267 e. The van der Waals surface area contributed by atoms with Gasteiger partial charge in [-0.3, -0.25) is 4.79 Å². The molecule has 1 rings (SSSR count). The van der Waals surface area contributed by atoms with Crippen LogP contribution >= 0.6 is 24.0 Å². The summed E-state index contributed by atoms with van der Waals surface area (Å²) >= 11 is 5.72. The Morgan fingerprint density at radius 1 is 1.71 bits per heavy atom. The first kappa shape index (κ1) is 13.3. The van der Waals surface area contributed by atoms with Crippen LogP contribution in [-0.4, -0.2) is 23.6 Å². The summed E-state index contributed by atoms with van der Waals surface area (Å²) in [6.07, 6.45) is 1.68. The Labute approximate surface area is 93.8 Å². The molecule has 0 aliphatic heterocycles. The quantitative estimate of drug-likeness (QED) is 0.817. The van der Waals surface area contributed by atoms with Gasteiger partial charge in [-0.25, -0.2) is 0 Å². The molecule has 0 radical (unpaired) electrons. The minimum Gasteiger partial charge on any atom is -0.349 e. The molecule has 0 spiro atoms. The Balaban J connectivity index is 0.00000169. The van der Waals surface area contributed by atoms with E-state index in [1.165, 1.54) is 0 Å². The second-order valence-corrected chi connectivity index (χ2v) is 3.14. The predicted octanol–water partition coefficient (Wildman–Crippen LogP) is 0.789. The summed E-state index contributed by atoms with van der Waals surface area (Å²) in [5.74, 6) is -0.153. The van der Waals surface area contributed by atoms with Crippen molar-refractivity contribution >= 4 is 29.9 Å². The van der Waals surface area contributed by atoms with Crippen LogP contribution in [0.25, 0.3) is 0 Å². The second kappa shape index (κ2) is 5.90. The van der Waals surface area contributed by atoms with Gasteiger partial charge in [0.1, 0.15) is 5.69 Å². The highest BCUT2D eigenvalue weighted by Crippen LogP contribution is 2.12. The number of rotatable bonds is 3. The van der Waals surface area contributed by atoms with Gasteiger partial charge in [-0.05, 0) is 6.07 Å². The molecule has 1 aromatic heterocycles. The van der Waals surface area contributed by atoms with E-state index in [0.29, 0.717) is 23.8 Å². The minimum absolute atomic E-state index is 0. The zero-order valence-corrected chi connectivity index (χ0v) is 9.36. The highest BCUT2D eigenvalue weighted by atomic mass is 35.5. The molecule has 0 aliphatic rings. The number of carbonyl (C=O) groups excluding carboxylic acids is 1. The van der Waals surface area contributed by atoms with Crippen LogP contribution in [0.4, 0.5) is 0 Å². The molecule has 3 N–H and O–H groups in total. The molecule has 0 unspecified atom stereocenters. The molecule has 4 nitrogen and oxygen atoms in total. The summed E-state index contributed by atoms with van der Waals surface area (Å²) in [7, 11) is 1.77. The number of halogens is 2. The summed E-state index contributed by atoms with van der Waals surface area (Å²) in [6, 6.07) is 1.62. The van der Waals surface area contributed by atoms with Crippen LogP contribution in [0, 0.1) is 0 Å². The molecule has 6 heteroatoms. The Kier molecular flexibility index (Phi) is 5.60. The Bertz CT molecular complexity index is 312. The van der Waals surface area contributed by atoms with Crippen molar-refractivity contribution in [2.45, 2.75) is 0 Å². The lowest BCUT2D eigenvalue weighted by Crippen LogP contribution is -2.30. The van der Waals surface area contributed by atoms with Gasteiger partial charge in [-0.15, -0.1) is 12.4 Å². The number of nitrogens with one attached hydrogen (secondary N) is 1. The van der Waals surface area contributed by atoms with Crippen molar-refractivity contribution in [2.75, 3.05) is 13.1 Å². The third-order valence-electron chi connectivity index (χ3n) is 1.63. The van der Waals surface area contributed by atoms with E-state index in [1.54, 1.807) is 23.9 Å². The van der Waals surface area contributed by atoms with E-state index in [4.69, 9.17) is 17.3 Å². The molecule has 0 aliphatic carbocycles. The normalized spacial score (nSPS) is 9.36. The third kappa shape index (κ3) is 3.21. The molecule has 1 amide bonds. The topological polar surface area (TPSA) is 60.0 Å². The first-order valence-electron chi connectivity index (χ1n) is 3.95. The molecule has 0 saturated carbocycles. The van der Waals surface area contributed by atoms with Crippen molar-refractivity contribution in [3.05, 3.63) is 23.0 Å². The molecule has 0 atom stereocenters. The molecule has 80 valence electrons. The lowest BCUT2D eigenvalue weighted by molar-refractivity contribution is 0.0946. The van der Waals surface area contributed by atoms with Gasteiger partial charge < -0.3 is 15.6 Å². The van der Waals surface area contributed by atoms with Gasteiger partial charge in [-0.2, -0.15) is 0 Å². The van der Waals surface area contributed by atoms with Gasteiger partial charge in [0.15, 0.2) is 0 Å². The largest absolute Gasteiger partial charge is 0.349 e. The summed E-state index contributed by atoms with van der Waals surface area (Å²) in [6.45, 7) is 0.908. The zero-order valence-electron chi connectivity index (χ0n) is 7.79. The van der Waals surface area contributed by atoms with E-state index in [2.05, 4.69) is 5.32 Å². The number of hydrogen-bond acceptors (Lipinski definition) is 2. The Morgan fingerprint density at radius 2 is 2.36 bits per heavy atom.